The molecule has 0 spiro atoms. The lowest BCUT2D eigenvalue weighted by atomic mass is 10.2. The third-order valence-corrected chi connectivity index (χ3v) is 3.25. The molecule has 0 aliphatic rings. The third kappa shape index (κ3) is 4.84. The van der Waals surface area contributed by atoms with Gasteiger partial charge < -0.3 is 9.47 Å². The van der Waals surface area contributed by atoms with E-state index in [4.69, 9.17) is 10.7 Å². The van der Waals surface area contributed by atoms with Crippen LogP contribution >= 0.6 is 10.7 Å². The Morgan fingerprint density at radius 1 is 1.27 bits per heavy atom. The van der Waals surface area contributed by atoms with E-state index in [-0.39, 0.29) is 12.1 Å². The first-order valence-electron chi connectivity index (χ1n) is 4.79. The maximum Gasteiger partial charge on any atom is 0.573 e. The van der Waals surface area contributed by atoms with Gasteiger partial charge in [0.25, 0.3) is 9.05 Å². The monoisotopic (exact) mass is 371 g/mol. The summed E-state index contributed by atoms with van der Waals surface area (Å²) in [5.74, 6) is -3.25. The van der Waals surface area contributed by atoms with Crippen LogP contribution in [0.2, 0.25) is 0 Å². The summed E-state index contributed by atoms with van der Waals surface area (Å²) in [6.07, 6.45) is -5.46. The Hall–Kier alpha value is -1.89. The molecule has 0 amide bonds. The van der Waals surface area contributed by atoms with Gasteiger partial charge in [-0.15, -0.1) is 13.2 Å². The van der Waals surface area contributed by atoms with Crippen LogP contribution in [-0.2, 0) is 9.05 Å². The number of alkyl halides is 5. The van der Waals surface area contributed by atoms with Gasteiger partial charge >= 0.3 is 18.7 Å². The zero-order valence-electron chi connectivity index (χ0n) is 9.80. The predicted octanol–water partition coefficient (Wildman–Crippen LogP) is 3.02. The van der Waals surface area contributed by atoms with Crippen molar-refractivity contribution in [1.29, 1.82) is 0 Å². The zero-order valence-corrected chi connectivity index (χ0v) is 11.4. The molecule has 1 aromatic carbocycles. The topological polar surface area (TPSA) is 95.7 Å². The van der Waals surface area contributed by atoms with Crippen LogP contribution in [0.15, 0.2) is 17.0 Å². The van der Waals surface area contributed by atoms with E-state index in [1.165, 1.54) is 0 Å². The lowest BCUT2D eigenvalue weighted by Crippen LogP contribution is -2.19. The summed E-state index contributed by atoms with van der Waals surface area (Å²) in [6.45, 7) is -3.73. The molecular weight excluding hydrogens is 369 g/mol. The van der Waals surface area contributed by atoms with Crippen molar-refractivity contribution in [3.63, 3.8) is 0 Å². The van der Waals surface area contributed by atoms with Crippen LogP contribution in [0.5, 0.6) is 11.5 Å². The van der Waals surface area contributed by atoms with Crippen molar-refractivity contribution in [3.05, 3.63) is 22.2 Å². The molecule has 0 aliphatic carbocycles. The van der Waals surface area contributed by atoms with Crippen LogP contribution in [0, 0.1) is 10.1 Å². The van der Waals surface area contributed by atoms with Crippen LogP contribution in [0.25, 0.3) is 0 Å². The molecule has 0 aliphatic heterocycles. The Morgan fingerprint density at radius 3 is 2.18 bits per heavy atom. The summed E-state index contributed by atoms with van der Waals surface area (Å²) in [5.41, 5.74) is -1.50. The molecule has 1 rings (SSSR count). The maximum absolute atomic E-state index is 12.2. The number of halogens is 6. The highest BCUT2D eigenvalue weighted by molar-refractivity contribution is 8.13. The molecule has 0 saturated heterocycles. The molecule has 1 aromatic rings. The summed E-state index contributed by atoms with van der Waals surface area (Å²) in [5, 5.41) is 10.7. The summed E-state index contributed by atoms with van der Waals surface area (Å²) in [7, 11) is 0.156. The number of benzene rings is 1. The minimum atomic E-state index is -5.46. The van der Waals surface area contributed by atoms with Crippen molar-refractivity contribution in [2.24, 2.45) is 0 Å². The minimum Gasteiger partial charge on any atom is -0.423 e. The molecular formula is C8H3ClF5NO6S. The summed E-state index contributed by atoms with van der Waals surface area (Å²) >= 11 is 0. The van der Waals surface area contributed by atoms with E-state index in [0.29, 0.717) is 0 Å². The Balaban J connectivity index is 3.66. The van der Waals surface area contributed by atoms with Crippen LogP contribution in [0.1, 0.15) is 0 Å². The van der Waals surface area contributed by atoms with Gasteiger partial charge in [-0.3, -0.25) is 10.1 Å². The van der Waals surface area contributed by atoms with Crippen LogP contribution < -0.4 is 9.47 Å². The van der Waals surface area contributed by atoms with Crippen molar-refractivity contribution >= 4 is 25.4 Å². The fourth-order valence-corrected chi connectivity index (χ4v) is 2.01. The second-order valence-corrected chi connectivity index (χ2v) is 5.96. The first-order chi connectivity index (χ1) is 9.81. The van der Waals surface area contributed by atoms with E-state index in [9.17, 15) is 40.5 Å². The SMILES string of the molecule is O=[N+]([O-])c1cc(S(=O)(=O)Cl)cc(OC(F)(F)F)c1OC(F)F. The van der Waals surface area contributed by atoms with Gasteiger partial charge in [-0.25, -0.2) is 8.42 Å². The van der Waals surface area contributed by atoms with E-state index in [1.54, 1.807) is 0 Å². The Morgan fingerprint density at radius 2 is 1.82 bits per heavy atom. The maximum atomic E-state index is 12.2. The summed E-state index contributed by atoms with van der Waals surface area (Å²) in [4.78, 5) is 8.10. The van der Waals surface area contributed by atoms with E-state index in [1.807, 2.05) is 0 Å². The van der Waals surface area contributed by atoms with Crippen LogP contribution in [0.3, 0.4) is 0 Å². The molecule has 0 unspecified atom stereocenters. The molecule has 124 valence electrons. The summed E-state index contributed by atoms with van der Waals surface area (Å²) < 4.78 is 90.0. The van der Waals surface area contributed by atoms with Gasteiger partial charge in [0.1, 0.15) is 0 Å². The molecule has 0 atom stereocenters. The standard InChI is InChI=1S/C8H3ClF5NO6S/c9-22(18,19)3-1-4(15(16)17)6(20-7(10)11)5(2-3)21-8(12,13)14/h1-2,7H. The third-order valence-electron chi connectivity index (χ3n) is 1.92. The van der Waals surface area contributed by atoms with Gasteiger partial charge in [0.15, 0.2) is 5.75 Å². The molecule has 0 radical (unpaired) electrons. The number of hydrogen-bond acceptors (Lipinski definition) is 6. The smallest absolute Gasteiger partial charge is 0.423 e. The van der Waals surface area contributed by atoms with Gasteiger partial charge in [0.05, 0.1) is 9.82 Å². The van der Waals surface area contributed by atoms with E-state index in [2.05, 4.69) is 9.47 Å². The molecule has 0 aromatic heterocycles. The highest BCUT2D eigenvalue weighted by Gasteiger charge is 2.37. The van der Waals surface area contributed by atoms with Crippen LogP contribution in [-0.4, -0.2) is 26.3 Å². The quantitative estimate of drug-likeness (QED) is 0.342. The molecule has 22 heavy (non-hydrogen) atoms. The normalized spacial score (nSPS) is 12.3. The van der Waals surface area contributed by atoms with Gasteiger partial charge in [-0.05, 0) is 0 Å². The number of nitrogens with zero attached hydrogens (tertiary/aromatic N) is 1. The van der Waals surface area contributed by atoms with Gasteiger partial charge in [0.2, 0.25) is 5.75 Å². The first kappa shape index (κ1) is 18.2. The number of nitro benzene ring substituents is 1. The van der Waals surface area contributed by atoms with Gasteiger partial charge in [-0.1, -0.05) is 0 Å². The van der Waals surface area contributed by atoms with Crippen molar-refractivity contribution in [2.75, 3.05) is 0 Å². The second-order valence-electron chi connectivity index (χ2n) is 3.39. The highest BCUT2D eigenvalue weighted by atomic mass is 35.7. The molecule has 0 N–H and O–H groups in total. The number of nitro groups is 1. The Labute approximate surface area is 122 Å². The molecule has 0 bridgehead atoms. The lowest BCUT2D eigenvalue weighted by molar-refractivity contribution is -0.386. The van der Waals surface area contributed by atoms with Crippen molar-refractivity contribution in [3.8, 4) is 11.5 Å². The van der Waals surface area contributed by atoms with Crippen LogP contribution in [0.4, 0.5) is 27.6 Å². The van der Waals surface area contributed by atoms with Crippen molar-refractivity contribution < 1.29 is 44.8 Å². The summed E-state index contributed by atoms with van der Waals surface area (Å²) in [6, 6.07) is 0.226. The Bertz CT molecular complexity index is 691. The lowest BCUT2D eigenvalue weighted by Gasteiger charge is -2.14. The number of hydrogen-bond donors (Lipinski definition) is 0. The average Bonchev–Trinajstić information content (AvgIpc) is 2.26. The largest absolute Gasteiger partial charge is 0.573 e. The van der Waals surface area contributed by atoms with Crippen molar-refractivity contribution in [1.82, 2.24) is 0 Å². The molecule has 0 saturated carbocycles. The molecule has 0 heterocycles. The second kappa shape index (κ2) is 6.08. The number of ether oxygens (including phenoxy) is 2. The average molecular weight is 372 g/mol. The zero-order chi connectivity index (χ0) is 17.3. The fourth-order valence-electron chi connectivity index (χ4n) is 1.25. The first-order valence-corrected chi connectivity index (χ1v) is 7.10. The van der Waals surface area contributed by atoms with E-state index < -0.39 is 49.0 Å². The highest BCUT2D eigenvalue weighted by Crippen LogP contribution is 2.43. The fraction of sp³-hybridized carbons (Fsp3) is 0.250. The molecule has 0 fully saturated rings. The van der Waals surface area contributed by atoms with Gasteiger partial charge in [0, 0.05) is 22.8 Å². The van der Waals surface area contributed by atoms with E-state index >= 15 is 0 Å². The molecule has 14 heteroatoms. The van der Waals surface area contributed by atoms with Gasteiger partial charge in [-0.2, -0.15) is 8.78 Å². The predicted molar refractivity (Wildman–Crippen MR) is 59.5 cm³/mol. The molecule has 7 nitrogen and oxygen atoms in total. The Kier molecular flexibility index (Phi) is 5.02. The minimum absolute atomic E-state index is 0.0700. The number of rotatable bonds is 5. The van der Waals surface area contributed by atoms with Crippen molar-refractivity contribution in [2.45, 2.75) is 17.9 Å². The van der Waals surface area contributed by atoms with E-state index in [0.717, 1.165) is 0 Å².